The van der Waals surface area contributed by atoms with E-state index in [2.05, 4.69) is 19.7 Å². The molecule has 0 aliphatic heterocycles. The number of nitrogens with zero attached hydrogens (tertiary/aromatic N) is 1. The highest BCUT2D eigenvalue weighted by atomic mass is 32.2. The van der Waals surface area contributed by atoms with Crippen molar-refractivity contribution in [3.05, 3.63) is 59.7 Å². The van der Waals surface area contributed by atoms with Crippen LogP contribution in [0.25, 0.3) is 0 Å². The molecular formula is C24H29F3N4O8S. The van der Waals surface area contributed by atoms with Gasteiger partial charge in [0.1, 0.15) is 18.4 Å². The number of carbonyl (C=O) groups excluding carboxylic acids is 2. The van der Waals surface area contributed by atoms with Gasteiger partial charge < -0.3 is 21.0 Å². The number of hydrogen-bond acceptors (Lipinski definition) is 9. The second-order valence-electron chi connectivity index (χ2n) is 8.24. The number of nitrogens with one attached hydrogen (secondary N) is 1. The number of benzene rings is 2. The average Bonchev–Trinajstić information content (AvgIpc) is 2.89. The first kappa shape index (κ1) is 32.2. The molecule has 0 fully saturated rings. The number of hydrogen-bond donors (Lipinski definition) is 3. The lowest BCUT2D eigenvalue weighted by Crippen LogP contribution is -2.44. The van der Waals surface area contributed by atoms with Crippen LogP contribution in [0.3, 0.4) is 0 Å². The minimum atomic E-state index is -5.43. The molecule has 0 bridgehead atoms. The summed E-state index contributed by atoms with van der Waals surface area (Å²) in [5.41, 5.74) is 11.5. The van der Waals surface area contributed by atoms with Gasteiger partial charge in [0.05, 0.1) is 11.5 Å². The fraction of sp³-hybridized carbons (Fsp3) is 0.375. The molecule has 2 aromatic carbocycles. The van der Waals surface area contributed by atoms with Crippen molar-refractivity contribution in [3.8, 4) is 5.75 Å². The summed E-state index contributed by atoms with van der Waals surface area (Å²) in [5, 5.41) is 3.36. The lowest BCUT2D eigenvalue weighted by molar-refractivity contribution is -0.286. The molecule has 0 aliphatic rings. The number of carbonyl (C=O) groups is 2. The zero-order valence-electron chi connectivity index (χ0n) is 21.3. The molecule has 0 radical (unpaired) electrons. The van der Waals surface area contributed by atoms with Crippen LogP contribution in [0, 0.1) is 0 Å². The van der Waals surface area contributed by atoms with Gasteiger partial charge in [-0.3, -0.25) is 0 Å². The van der Waals surface area contributed by atoms with Crippen molar-refractivity contribution in [3.63, 3.8) is 0 Å². The molecule has 40 heavy (non-hydrogen) atoms. The SMILES string of the molecule is CCCc1ccc(S(=O)(=O)N[C@@H](Cc2ccc(OCCCON=C(N)N)cc2)C(=O)OOC(=O)C(F)(F)F)cc1. The third-order valence-corrected chi connectivity index (χ3v) is 6.45. The van der Waals surface area contributed by atoms with E-state index in [1.807, 2.05) is 6.92 Å². The Labute approximate surface area is 228 Å². The predicted octanol–water partition coefficient (Wildman–Crippen LogP) is 2.07. The van der Waals surface area contributed by atoms with Gasteiger partial charge in [-0.05, 0) is 53.4 Å². The molecule has 0 aromatic heterocycles. The summed E-state index contributed by atoms with van der Waals surface area (Å²) in [7, 11) is -4.33. The fourth-order valence-corrected chi connectivity index (χ4v) is 4.31. The van der Waals surface area contributed by atoms with E-state index in [1.54, 1.807) is 12.1 Å². The zero-order chi connectivity index (χ0) is 29.8. The monoisotopic (exact) mass is 590 g/mol. The van der Waals surface area contributed by atoms with Gasteiger partial charge in [0.15, 0.2) is 0 Å². The van der Waals surface area contributed by atoms with E-state index in [-0.39, 0.29) is 30.5 Å². The molecule has 0 aliphatic carbocycles. The molecule has 0 saturated carbocycles. The summed E-state index contributed by atoms with van der Waals surface area (Å²) in [5.74, 6) is -4.13. The van der Waals surface area contributed by atoms with Gasteiger partial charge in [-0.25, -0.2) is 27.8 Å². The van der Waals surface area contributed by atoms with E-state index in [0.717, 1.165) is 18.4 Å². The van der Waals surface area contributed by atoms with Crippen LogP contribution < -0.4 is 20.9 Å². The van der Waals surface area contributed by atoms with E-state index in [0.29, 0.717) is 17.7 Å². The van der Waals surface area contributed by atoms with Crippen LogP contribution >= 0.6 is 0 Å². The Balaban J connectivity index is 2.12. The lowest BCUT2D eigenvalue weighted by Gasteiger charge is -2.17. The second-order valence-corrected chi connectivity index (χ2v) is 9.95. The summed E-state index contributed by atoms with van der Waals surface area (Å²) >= 11 is 0. The summed E-state index contributed by atoms with van der Waals surface area (Å²) in [6, 6.07) is 10.2. The Hall–Kier alpha value is -4.05. The maximum Gasteiger partial charge on any atom is 0.495 e. The number of rotatable bonds is 14. The molecule has 5 N–H and O–H groups in total. The third-order valence-electron chi connectivity index (χ3n) is 4.97. The molecule has 12 nitrogen and oxygen atoms in total. The van der Waals surface area contributed by atoms with Crippen molar-refractivity contribution < 1.29 is 50.5 Å². The summed E-state index contributed by atoms with van der Waals surface area (Å²) in [6.45, 7) is 2.40. The Bertz CT molecular complexity index is 1250. The average molecular weight is 591 g/mol. The first-order chi connectivity index (χ1) is 18.8. The van der Waals surface area contributed by atoms with Gasteiger partial charge in [-0.1, -0.05) is 37.6 Å². The Morgan fingerprint density at radius 3 is 2.17 bits per heavy atom. The van der Waals surface area contributed by atoms with Crippen molar-refractivity contribution in [1.82, 2.24) is 4.72 Å². The molecule has 220 valence electrons. The Morgan fingerprint density at radius 1 is 0.975 bits per heavy atom. The molecular weight excluding hydrogens is 561 g/mol. The lowest BCUT2D eigenvalue weighted by atomic mass is 10.1. The molecule has 16 heteroatoms. The van der Waals surface area contributed by atoms with Gasteiger partial charge in [0.2, 0.25) is 16.0 Å². The maximum atomic E-state index is 12.9. The van der Waals surface area contributed by atoms with Crippen molar-refractivity contribution >= 4 is 27.9 Å². The molecule has 2 aromatic rings. The Morgan fingerprint density at radius 2 is 1.60 bits per heavy atom. The van der Waals surface area contributed by atoms with E-state index in [9.17, 15) is 31.2 Å². The van der Waals surface area contributed by atoms with Crippen molar-refractivity contribution in [2.24, 2.45) is 16.6 Å². The number of ether oxygens (including phenoxy) is 1. The van der Waals surface area contributed by atoms with Gasteiger partial charge >= 0.3 is 18.1 Å². The minimum Gasteiger partial charge on any atom is -0.493 e. The third kappa shape index (κ3) is 11.0. The van der Waals surface area contributed by atoms with Crippen molar-refractivity contribution in [2.75, 3.05) is 13.2 Å². The van der Waals surface area contributed by atoms with Crippen LogP contribution in [-0.2, 0) is 47.1 Å². The van der Waals surface area contributed by atoms with E-state index < -0.39 is 34.2 Å². The number of alkyl halides is 3. The van der Waals surface area contributed by atoms with Crippen LogP contribution in [-0.4, -0.2) is 51.7 Å². The quantitative estimate of drug-likeness (QED) is 0.0968. The first-order valence-electron chi connectivity index (χ1n) is 11.8. The smallest absolute Gasteiger partial charge is 0.493 e. The first-order valence-corrected chi connectivity index (χ1v) is 13.3. The minimum absolute atomic E-state index is 0.190. The predicted molar refractivity (Wildman–Crippen MR) is 135 cm³/mol. The van der Waals surface area contributed by atoms with E-state index in [4.69, 9.17) is 21.0 Å². The van der Waals surface area contributed by atoms with E-state index in [1.165, 1.54) is 36.4 Å². The number of aryl methyl sites for hydroxylation is 1. The topological polar surface area (TPSA) is 182 Å². The molecule has 1 atom stereocenters. The van der Waals surface area contributed by atoms with Crippen molar-refractivity contribution in [1.29, 1.82) is 0 Å². The number of oxime groups is 1. The second kappa shape index (κ2) is 14.9. The molecule has 0 spiro atoms. The number of nitrogens with two attached hydrogens (primary N) is 2. The summed E-state index contributed by atoms with van der Waals surface area (Å²) in [6.07, 6.45) is -3.78. The Kier molecular flexibility index (Phi) is 12.0. The highest BCUT2D eigenvalue weighted by Gasteiger charge is 2.43. The molecule has 0 amide bonds. The van der Waals surface area contributed by atoms with E-state index >= 15 is 0 Å². The highest BCUT2D eigenvalue weighted by molar-refractivity contribution is 7.89. The molecule has 0 saturated heterocycles. The van der Waals surface area contributed by atoms with Crippen LogP contribution in [0.1, 0.15) is 30.9 Å². The molecule has 0 heterocycles. The molecule has 0 unspecified atom stereocenters. The van der Waals surface area contributed by atoms with Crippen LogP contribution in [0.2, 0.25) is 0 Å². The number of sulfonamides is 1. The van der Waals surface area contributed by atoms with Gasteiger partial charge in [0, 0.05) is 6.42 Å². The summed E-state index contributed by atoms with van der Waals surface area (Å²) in [4.78, 5) is 35.7. The fourth-order valence-electron chi connectivity index (χ4n) is 3.13. The van der Waals surface area contributed by atoms with Gasteiger partial charge in [-0.15, -0.1) is 0 Å². The van der Waals surface area contributed by atoms with Crippen LogP contribution in [0.5, 0.6) is 5.75 Å². The van der Waals surface area contributed by atoms with Crippen LogP contribution in [0.4, 0.5) is 13.2 Å². The van der Waals surface area contributed by atoms with Crippen molar-refractivity contribution in [2.45, 2.75) is 49.7 Å². The number of guanidine groups is 1. The molecule has 2 rings (SSSR count). The summed E-state index contributed by atoms with van der Waals surface area (Å²) < 4.78 is 70.8. The zero-order valence-corrected chi connectivity index (χ0v) is 22.2. The van der Waals surface area contributed by atoms with Gasteiger partial charge in [-0.2, -0.15) is 17.9 Å². The highest BCUT2D eigenvalue weighted by Crippen LogP contribution is 2.19. The van der Waals surface area contributed by atoms with Crippen LogP contribution in [0.15, 0.2) is 58.6 Å². The largest absolute Gasteiger partial charge is 0.495 e. The maximum absolute atomic E-state index is 12.9. The normalized spacial score (nSPS) is 12.2. The standard InChI is InChI=1S/C24H29F3N4O8S/c1-2-4-16-7-11-19(12-8-16)40(34,35)31-20(21(32)38-39-22(33)24(25,26)27)15-17-5-9-18(10-6-17)36-13-3-14-37-30-23(28)29/h5-12,20,31H,2-4,13-15H2,1H3,(H4,28,29,30)/t20-/m0/s1. The number of halogens is 3. The van der Waals surface area contributed by atoms with Gasteiger partial charge in [0.25, 0.3) is 0 Å².